The zero-order chi connectivity index (χ0) is 19.1. The number of nitrogens with one attached hydrogen (secondary N) is 1. The topological polar surface area (TPSA) is 118 Å². The summed E-state index contributed by atoms with van der Waals surface area (Å²) in [6, 6.07) is 6.07. The Labute approximate surface area is 156 Å². The van der Waals surface area contributed by atoms with Crippen molar-refractivity contribution in [1.29, 1.82) is 0 Å². The first kappa shape index (κ1) is 19.8. The molecule has 1 unspecified atom stereocenters. The van der Waals surface area contributed by atoms with Gasteiger partial charge in [0.25, 0.3) is 0 Å². The molecule has 1 aromatic rings. The van der Waals surface area contributed by atoms with E-state index >= 15 is 0 Å². The number of carboxylic acids is 1. The summed E-state index contributed by atoms with van der Waals surface area (Å²) in [7, 11) is 0. The van der Waals surface area contributed by atoms with Gasteiger partial charge >= 0.3 is 5.97 Å². The van der Waals surface area contributed by atoms with Crippen LogP contribution in [0.1, 0.15) is 18.4 Å². The Kier molecular flexibility index (Phi) is 7.06. The summed E-state index contributed by atoms with van der Waals surface area (Å²) in [4.78, 5) is 11.7. The number of hydrogen-bond acceptors (Lipinski definition) is 4. The van der Waals surface area contributed by atoms with E-state index in [-0.39, 0.29) is 21.9 Å². The van der Waals surface area contributed by atoms with Gasteiger partial charge in [0, 0.05) is 11.3 Å². The predicted molar refractivity (Wildman–Crippen MR) is 101 cm³/mol. The molecule has 2 aliphatic heterocycles. The molecule has 1 fully saturated rings. The van der Waals surface area contributed by atoms with Crippen LogP contribution in [-0.4, -0.2) is 53.3 Å². The van der Waals surface area contributed by atoms with E-state index in [1.807, 2.05) is 5.87 Å². The van der Waals surface area contributed by atoms with Gasteiger partial charge in [-0.25, -0.2) is 4.79 Å². The monoisotopic (exact) mass is 375 g/mol. The van der Waals surface area contributed by atoms with Crippen molar-refractivity contribution in [2.75, 3.05) is 26.3 Å². The van der Waals surface area contributed by atoms with Crippen molar-refractivity contribution >= 4 is 29.0 Å². The van der Waals surface area contributed by atoms with Crippen molar-refractivity contribution < 1.29 is 25.1 Å². The molecule has 0 saturated carbocycles. The van der Waals surface area contributed by atoms with Gasteiger partial charge < -0.3 is 31.0 Å². The van der Waals surface area contributed by atoms with E-state index in [0.29, 0.717) is 11.3 Å². The fraction of sp³-hybridized carbons (Fsp3) is 0.333. The molecule has 26 heavy (non-hydrogen) atoms. The molecule has 0 aliphatic carbocycles. The maximum absolute atomic E-state index is 11.5. The van der Waals surface area contributed by atoms with Gasteiger partial charge in [-0.3, -0.25) is 5.87 Å². The maximum Gasteiger partial charge on any atom is 0.334 e. The van der Waals surface area contributed by atoms with Gasteiger partial charge in [0.2, 0.25) is 0 Å². The van der Waals surface area contributed by atoms with Crippen molar-refractivity contribution in [2.45, 2.75) is 12.8 Å². The molecule has 0 amide bonds. The summed E-state index contributed by atoms with van der Waals surface area (Å²) < 4.78 is 5.04. The quantitative estimate of drug-likeness (QED) is 0.340. The van der Waals surface area contributed by atoms with Gasteiger partial charge in [0.1, 0.15) is 10.7 Å². The predicted octanol–water partition coefficient (Wildman–Crippen LogP) is 0.511. The fourth-order valence-corrected chi connectivity index (χ4v) is 3.09. The van der Waals surface area contributed by atoms with Crippen molar-refractivity contribution in [3.8, 4) is 5.75 Å². The highest BCUT2D eigenvalue weighted by Gasteiger charge is 2.33. The van der Waals surface area contributed by atoms with Crippen LogP contribution in [-0.2, 0) is 9.53 Å². The maximum atomic E-state index is 11.5. The Morgan fingerprint density at radius 1 is 1.35 bits per heavy atom. The fourth-order valence-electron chi connectivity index (χ4n) is 2.78. The number of ether oxygens (including phenoxy) is 1. The molecule has 138 valence electrons. The molecular weight excluding hydrogens is 354 g/mol. The number of morpholine rings is 1. The van der Waals surface area contributed by atoms with E-state index < -0.39 is 11.9 Å². The molecule has 2 aliphatic rings. The highest BCUT2D eigenvalue weighted by molar-refractivity contribution is 7.80. The van der Waals surface area contributed by atoms with Crippen molar-refractivity contribution in [3.05, 3.63) is 52.1 Å². The Bertz CT molecular complexity index is 752. The molecule has 0 radical (unpaired) electrons. The second-order valence-electron chi connectivity index (χ2n) is 5.83. The van der Waals surface area contributed by atoms with Crippen LogP contribution in [0.2, 0.25) is 0 Å². The second kappa shape index (κ2) is 9.26. The van der Waals surface area contributed by atoms with E-state index in [1.54, 1.807) is 19.1 Å². The molecule has 0 aromatic heterocycles. The van der Waals surface area contributed by atoms with E-state index in [2.05, 4.69) is 10.6 Å². The van der Waals surface area contributed by atoms with E-state index in [4.69, 9.17) is 17.0 Å². The Hall–Kier alpha value is -2.51. The summed E-state index contributed by atoms with van der Waals surface area (Å²) in [6.45, 7) is 5.80. The summed E-state index contributed by atoms with van der Waals surface area (Å²) >= 11 is 5.10. The Morgan fingerprint density at radius 2 is 1.96 bits per heavy atom. The molecule has 0 bridgehead atoms. The first-order chi connectivity index (χ1) is 12.5. The van der Waals surface area contributed by atoms with Crippen LogP contribution >= 0.6 is 12.2 Å². The zero-order valence-corrected chi connectivity index (χ0v) is 15.2. The number of allylic oxidation sites excluding steroid dienone is 1. The number of phenolic OH excluding ortho intramolecular Hbond substituents is 1. The van der Waals surface area contributed by atoms with Crippen LogP contribution in [0.15, 0.2) is 41.1 Å². The first-order valence-electron chi connectivity index (χ1n) is 8.16. The number of benzene rings is 1. The number of carboxylic acid groups (broad SMARTS) is 1. The third-order valence-corrected chi connectivity index (χ3v) is 4.36. The zero-order valence-electron chi connectivity index (χ0n) is 14.4. The minimum absolute atomic E-state index is 0.0707. The molecule has 8 heteroatoms. The summed E-state index contributed by atoms with van der Waals surface area (Å²) in [5, 5.41) is 33.0. The number of thiocarbonyl (C=S) groups is 1. The second-order valence-corrected chi connectivity index (χ2v) is 6.23. The van der Waals surface area contributed by atoms with Gasteiger partial charge in [-0.15, -0.1) is 0 Å². The smallest absolute Gasteiger partial charge is 0.334 e. The molecule has 1 atom stereocenters. The molecular formula is C18H21N3O4S. The summed E-state index contributed by atoms with van der Waals surface area (Å²) in [5.41, 5.74) is 1.29. The molecule has 0 spiro atoms. The van der Waals surface area contributed by atoms with Crippen molar-refractivity contribution in [3.63, 3.8) is 0 Å². The van der Waals surface area contributed by atoms with E-state index in [9.17, 15) is 20.4 Å². The number of aromatic hydroxyl groups is 1. The first-order valence-corrected chi connectivity index (χ1v) is 8.57. The molecule has 3 rings (SSSR count). The minimum Gasteiger partial charge on any atom is -0.763 e. The van der Waals surface area contributed by atoms with Gasteiger partial charge in [-0.2, -0.15) is 0 Å². The van der Waals surface area contributed by atoms with Gasteiger partial charge in [-0.1, -0.05) is 24.4 Å². The lowest BCUT2D eigenvalue weighted by atomic mass is 9.81. The lowest BCUT2D eigenvalue weighted by Crippen LogP contribution is -2.87. The average molecular weight is 375 g/mol. The number of quaternary nitrogens is 1. The highest BCUT2D eigenvalue weighted by Crippen LogP contribution is 2.36. The van der Waals surface area contributed by atoms with Gasteiger partial charge in [0.15, 0.2) is 0 Å². The van der Waals surface area contributed by atoms with Gasteiger partial charge in [0.05, 0.1) is 37.8 Å². The Morgan fingerprint density at radius 3 is 2.38 bits per heavy atom. The molecule has 2 heterocycles. The third kappa shape index (κ3) is 4.77. The average Bonchev–Trinajstić information content (AvgIpc) is 2.63. The number of rotatable bonds is 2. The van der Waals surface area contributed by atoms with Crippen LogP contribution in [0.4, 0.5) is 0 Å². The normalized spacial score (nSPS) is 19.8. The van der Waals surface area contributed by atoms with E-state index in [0.717, 1.165) is 26.3 Å². The van der Waals surface area contributed by atoms with Crippen LogP contribution < -0.4 is 10.6 Å². The number of carbonyl (C=O) groups is 1. The molecule has 1 aromatic carbocycles. The molecule has 1 saturated heterocycles. The van der Waals surface area contributed by atoms with Crippen LogP contribution in [0.3, 0.4) is 0 Å². The number of hydrogen-bond donors (Lipinski definition) is 4. The van der Waals surface area contributed by atoms with Crippen molar-refractivity contribution in [1.82, 2.24) is 5.32 Å². The number of nitrogens with two attached hydrogens (primary N) is 1. The standard InChI is InChI=1S/C14H11N2O3S.C4H9NO/c1-7-11(14(18)19)12(10(6-15)13(20)16-7)8-2-4-9(17)5-3-8;1-3-6-4-2-5-1/h2-5,12,17H,1H3,(H,16,20)(H,18,19);5H,1-4H2/q-1;/p+1. The third-order valence-electron chi connectivity index (χ3n) is 4.04. The number of phenols is 1. The summed E-state index contributed by atoms with van der Waals surface area (Å²) in [6.07, 6.45) is 0. The summed E-state index contributed by atoms with van der Waals surface area (Å²) in [5.74, 6) is 0.208. The number of aliphatic carboxylic acids is 1. The van der Waals surface area contributed by atoms with Crippen LogP contribution in [0.25, 0.3) is 5.41 Å². The molecule has 7 nitrogen and oxygen atoms in total. The van der Waals surface area contributed by atoms with E-state index in [1.165, 1.54) is 12.1 Å². The van der Waals surface area contributed by atoms with Crippen molar-refractivity contribution in [2.24, 2.45) is 0 Å². The minimum atomic E-state index is -1.11. The lowest BCUT2D eigenvalue weighted by molar-refractivity contribution is -0.670. The van der Waals surface area contributed by atoms with Crippen LogP contribution in [0.5, 0.6) is 5.75 Å². The van der Waals surface area contributed by atoms with Crippen LogP contribution in [0, 0.1) is 0 Å². The van der Waals surface area contributed by atoms with Gasteiger partial charge in [-0.05, 0) is 24.6 Å². The largest absolute Gasteiger partial charge is 0.763 e. The Balaban J connectivity index is 0.000000342. The SMILES string of the molecule is C1COCC[NH2+]1.CC1=C(C(=O)O)C(c2ccc(O)cc2)C(=C=[N-])C(=S)N1. The lowest BCUT2D eigenvalue weighted by Gasteiger charge is -2.29. The number of nitrogens with zero attached hydrogens (tertiary/aromatic N) is 1. The highest BCUT2D eigenvalue weighted by atomic mass is 32.1. The molecule has 5 N–H and O–H groups in total.